The van der Waals surface area contributed by atoms with E-state index >= 15 is 0 Å². The Hall–Kier alpha value is -3.29. The van der Waals surface area contributed by atoms with Crippen LogP contribution in [0.25, 0.3) is 11.3 Å². The van der Waals surface area contributed by atoms with Crippen molar-refractivity contribution in [3.8, 4) is 17.0 Å². The number of hydrogen-bond acceptors (Lipinski definition) is 4. The third-order valence-electron chi connectivity index (χ3n) is 3.29. The second-order valence-electron chi connectivity index (χ2n) is 4.93. The Bertz CT molecular complexity index is 895. The minimum atomic E-state index is -1.04. The smallest absolute Gasteiger partial charge is 0.271 e. The number of primary amides is 1. The standard InChI is InChI=1S/C16H12F2N4O2/c17-11-5-2-6-12(13(11)18)24-8-9-3-1-4-10(7-9)14-15(16(19)23)21-22-20-14/h1-7H,8H2,(H2,19,23)(H,20,21,22). The quantitative estimate of drug-likeness (QED) is 0.751. The van der Waals surface area contributed by atoms with Gasteiger partial charge >= 0.3 is 0 Å². The van der Waals surface area contributed by atoms with E-state index in [9.17, 15) is 13.6 Å². The second-order valence-corrected chi connectivity index (χ2v) is 4.93. The molecule has 0 radical (unpaired) electrons. The van der Waals surface area contributed by atoms with Crippen molar-refractivity contribution in [2.45, 2.75) is 6.61 Å². The molecule has 0 aliphatic rings. The van der Waals surface area contributed by atoms with Crippen LogP contribution in [0.4, 0.5) is 8.78 Å². The molecule has 0 spiro atoms. The van der Waals surface area contributed by atoms with Gasteiger partial charge < -0.3 is 10.5 Å². The molecule has 6 nitrogen and oxygen atoms in total. The Kier molecular flexibility index (Phi) is 4.19. The minimum Gasteiger partial charge on any atom is -0.486 e. The van der Waals surface area contributed by atoms with Gasteiger partial charge in [0.1, 0.15) is 12.3 Å². The maximum Gasteiger partial charge on any atom is 0.271 e. The molecule has 0 aliphatic heterocycles. The molecule has 3 rings (SSSR count). The van der Waals surface area contributed by atoms with Crippen molar-refractivity contribution in [1.29, 1.82) is 0 Å². The molecule has 0 bridgehead atoms. The summed E-state index contributed by atoms with van der Waals surface area (Å²) in [6.07, 6.45) is 0. The van der Waals surface area contributed by atoms with E-state index in [2.05, 4.69) is 15.4 Å². The van der Waals surface area contributed by atoms with Gasteiger partial charge in [-0.15, -0.1) is 0 Å². The average molecular weight is 330 g/mol. The lowest BCUT2D eigenvalue weighted by Crippen LogP contribution is -2.12. The number of H-pyrrole nitrogens is 1. The molecule has 3 aromatic rings. The number of hydrogen-bond donors (Lipinski definition) is 2. The number of carbonyl (C=O) groups is 1. The number of aromatic nitrogens is 3. The van der Waals surface area contributed by atoms with Crippen LogP contribution in [0.3, 0.4) is 0 Å². The molecule has 24 heavy (non-hydrogen) atoms. The molecular formula is C16H12F2N4O2. The number of halogens is 2. The molecule has 1 heterocycles. The maximum atomic E-state index is 13.6. The first-order valence-corrected chi connectivity index (χ1v) is 6.93. The number of nitrogens with one attached hydrogen (secondary N) is 1. The van der Waals surface area contributed by atoms with Crippen molar-refractivity contribution in [2.24, 2.45) is 5.73 Å². The minimum absolute atomic E-state index is 0.0119. The summed E-state index contributed by atoms with van der Waals surface area (Å²) in [7, 11) is 0. The van der Waals surface area contributed by atoms with E-state index in [1.165, 1.54) is 12.1 Å². The summed E-state index contributed by atoms with van der Waals surface area (Å²) in [5.41, 5.74) is 6.83. The lowest BCUT2D eigenvalue weighted by molar-refractivity contribution is 0.0996. The van der Waals surface area contributed by atoms with Gasteiger partial charge in [-0.25, -0.2) is 4.39 Å². The molecular weight excluding hydrogens is 318 g/mol. The first-order chi connectivity index (χ1) is 11.6. The fourth-order valence-corrected chi connectivity index (χ4v) is 2.17. The van der Waals surface area contributed by atoms with Crippen molar-refractivity contribution < 1.29 is 18.3 Å². The van der Waals surface area contributed by atoms with Crippen LogP contribution < -0.4 is 10.5 Å². The highest BCUT2D eigenvalue weighted by atomic mass is 19.2. The number of aromatic amines is 1. The highest BCUT2D eigenvalue weighted by Crippen LogP contribution is 2.23. The largest absolute Gasteiger partial charge is 0.486 e. The van der Waals surface area contributed by atoms with Crippen LogP contribution in [-0.4, -0.2) is 21.3 Å². The van der Waals surface area contributed by atoms with Gasteiger partial charge in [0, 0.05) is 5.56 Å². The fraction of sp³-hybridized carbons (Fsp3) is 0.0625. The van der Waals surface area contributed by atoms with E-state index in [0.717, 1.165) is 6.07 Å². The zero-order valence-electron chi connectivity index (χ0n) is 12.3. The Balaban J connectivity index is 1.82. The molecule has 0 saturated heterocycles. The Morgan fingerprint density at radius 3 is 2.75 bits per heavy atom. The van der Waals surface area contributed by atoms with Gasteiger partial charge in [-0.1, -0.05) is 24.3 Å². The van der Waals surface area contributed by atoms with E-state index in [1.807, 2.05) is 0 Å². The molecule has 0 saturated carbocycles. The molecule has 8 heteroatoms. The maximum absolute atomic E-state index is 13.6. The number of nitrogens with zero attached hydrogens (tertiary/aromatic N) is 2. The SMILES string of the molecule is NC(=O)c1n[nH]nc1-c1cccc(COc2cccc(F)c2F)c1. The van der Waals surface area contributed by atoms with Crippen LogP contribution in [-0.2, 0) is 6.61 Å². The van der Waals surface area contributed by atoms with Crippen molar-refractivity contribution >= 4 is 5.91 Å². The van der Waals surface area contributed by atoms with Crippen LogP contribution in [0.15, 0.2) is 42.5 Å². The molecule has 2 aromatic carbocycles. The first kappa shape index (κ1) is 15.6. The van der Waals surface area contributed by atoms with E-state index in [-0.39, 0.29) is 18.1 Å². The first-order valence-electron chi connectivity index (χ1n) is 6.93. The summed E-state index contributed by atoms with van der Waals surface area (Å²) in [6.45, 7) is 0.0119. The van der Waals surface area contributed by atoms with Gasteiger partial charge in [0.05, 0.1) is 0 Å². The number of benzene rings is 2. The number of nitrogens with two attached hydrogens (primary N) is 1. The van der Waals surface area contributed by atoms with E-state index < -0.39 is 17.5 Å². The molecule has 0 atom stereocenters. The van der Waals surface area contributed by atoms with Crippen LogP contribution in [0.5, 0.6) is 5.75 Å². The van der Waals surface area contributed by atoms with Crippen LogP contribution in [0.2, 0.25) is 0 Å². The van der Waals surface area contributed by atoms with Crippen molar-refractivity contribution in [2.75, 3.05) is 0 Å². The number of ether oxygens (including phenoxy) is 1. The highest BCUT2D eigenvalue weighted by molar-refractivity contribution is 5.96. The van der Waals surface area contributed by atoms with Gasteiger partial charge in [-0.05, 0) is 23.8 Å². The predicted molar refractivity (Wildman–Crippen MR) is 81.0 cm³/mol. The average Bonchev–Trinajstić information content (AvgIpc) is 3.06. The molecule has 3 N–H and O–H groups in total. The van der Waals surface area contributed by atoms with Gasteiger partial charge in [-0.2, -0.15) is 19.8 Å². The monoisotopic (exact) mass is 330 g/mol. The van der Waals surface area contributed by atoms with Crippen LogP contribution in [0, 0.1) is 11.6 Å². The summed E-state index contributed by atoms with van der Waals surface area (Å²) in [6, 6.07) is 10.6. The number of amides is 1. The molecule has 0 aliphatic carbocycles. The predicted octanol–water partition coefficient (Wildman–Crippen LogP) is 2.43. The number of rotatable bonds is 5. The summed E-state index contributed by atoms with van der Waals surface area (Å²) < 4.78 is 32.0. The van der Waals surface area contributed by atoms with Gasteiger partial charge in [-0.3, -0.25) is 4.79 Å². The van der Waals surface area contributed by atoms with Crippen LogP contribution >= 0.6 is 0 Å². The Morgan fingerprint density at radius 2 is 1.96 bits per heavy atom. The van der Waals surface area contributed by atoms with Gasteiger partial charge in [0.2, 0.25) is 5.82 Å². The molecule has 1 amide bonds. The van der Waals surface area contributed by atoms with E-state index in [1.54, 1.807) is 24.3 Å². The summed E-state index contributed by atoms with van der Waals surface area (Å²) in [4.78, 5) is 11.3. The summed E-state index contributed by atoms with van der Waals surface area (Å²) in [5, 5.41) is 9.95. The fourth-order valence-electron chi connectivity index (χ4n) is 2.17. The van der Waals surface area contributed by atoms with Gasteiger partial charge in [0.15, 0.2) is 17.3 Å². The van der Waals surface area contributed by atoms with E-state index in [4.69, 9.17) is 10.5 Å². The molecule has 0 unspecified atom stereocenters. The molecule has 0 fully saturated rings. The normalized spacial score (nSPS) is 10.6. The third-order valence-corrected chi connectivity index (χ3v) is 3.29. The lowest BCUT2D eigenvalue weighted by Gasteiger charge is -2.08. The third kappa shape index (κ3) is 3.07. The van der Waals surface area contributed by atoms with Crippen molar-refractivity contribution in [1.82, 2.24) is 15.4 Å². The van der Waals surface area contributed by atoms with Crippen molar-refractivity contribution in [3.05, 3.63) is 65.4 Å². The second kappa shape index (κ2) is 6.45. The van der Waals surface area contributed by atoms with E-state index in [0.29, 0.717) is 16.8 Å². The zero-order chi connectivity index (χ0) is 17.1. The van der Waals surface area contributed by atoms with Crippen molar-refractivity contribution in [3.63, 3.8) is 0 Å². The Morgan fingerprint density at radius 1 is 1.17 bits per heavy atom. The number of carbonyl (C=O) groups excluding carboxylic acids is 1. The molecule has 1 aromatic heterocycles. The molecule has 122 valence electrons. The van der Waals surface area contributed by atoms with Gasteiger partial charge in [0.25, 0.3) is 5.91 Å². The van der Waals surface area contributed by atoms with Crippen LogP contribution in [0.1, 0.15) is 16.1 Å². The Labute approximate surface area is 135 Å². The highest BCUT2D eigenvalue weighted by Gasteiger charge is 2.15. The topological polar surface area (TPSA) is 93.9 Å². The summed E-state index contributed by atoms with van der Waals surface area (Å²) in [5.74, 6) is -2.90. The lowest BCUT2D eigenvalue weighted by atomic mass is 10.1. The zero-order valence-corrected chi connectivity index (χ0v) is 12.3. The summed E-state index contributed by atoms with van der Waals surface area (Å²) >= 11 is 0.